The number of hydrogen-bond donors (Lipinski definition) is 1. The Morgan fingerprint density at radius 3 is 2.51 bits per heavy atom. The molecule has 0 saturated heterocycles. The van der Waals surface area contributed by atoms with E-state index in [1.165, 1.54) is 12.3 Å². The minimum atomic E-state index is -3.57. The van der Waals surface area contributed by atoms with E-state index >= 15 is 0 Å². The molecule has 0 saturated carbocycles. The summed E-state index contributed by atoms with van der Waals surface area (Å²) >= 11 is 0. The van der Waals surface area contributed by atoms with E-state index < -0.39 is 37.9 Å². The fourth-order valence-electron chi connectivity index (χ4n) is 3.61. The van der Waals surface area contributed by atoms with E-state index in [2.05, 4.69) is 41.2 Å². The number of amides is 1. The van der Waals surface area contributed by atoms with Gasteiger partial charge in [-0.1, -0.05) is 50.0 Å². The molecule has 0 aliphatic carbocycles. The number of nitrogens with zero attached hydrogens (tertiary/aromatic N) is 2. The van der Waals surface area contributed by atoms with Gasteiger partial charge in [-0.2, -0.15) is 13.8 Å². The van der Waals surface area contributed by atoms with E-state index in [0.29, 0.717) is 48.6 Å². The number of carbonyl (C=O) groups is 2. The Morgan fingerprint density at radius 2 is 1.87 bits per heavy atom. The van der Waals surface area contributed by atoms with Crippen LogP contribution < -0.4 is 0 Å². The second kappa shape index (κ2) is 13.9. The SMILES string of the molecule is C=CCC(F)(F)C(=O)c1ccccc1-c1nc(CCCC=NC(=O)OC(C)(C)C)[nH]c1COCC[Si](C)(C)C. The fraction of sp³-hybridized carbons (Fsp3) is 0.517. The van der Waals surface area contributed by atoms with Crippen molar-refractivity contribution in [2.45, 2.75) is 90.3 Å². The predicted octanol–water partition coefficient (Wildman–Crippen LogP) is 7.65. The number of benzene rings is 1. The highest BCUT2D eigenvalue weighted by Crippen LogP contribution is 2.32. The molecule has 39 heavy (non-hydrogen) atoms. The zero-order chi connectivity index (χ0) is 29.3. The summed E-state index contributed by atoms with van der Waals surface area (Å²) in [5.41, 5.74) is 0.646. The summed E-state index contributed by atoms with van der Waals surface area (Å²) in [5.74, 6) is -4.22. The number of ether oxygens (including phenoxy) is 2. The lowest BCUT2D eigenvalue weighted by Crippen LogP contribution is -2.28. The van der Waals surface area contributed by atoms with Crippen molar-refractivity contribution in [1.82, 2.24) is 9.97 Å². The van der Waals surface area contributed by atoms with Gasteiger partial charge in [-0.05, 0) is 39.7 Å². The molecule has 1 aromatic carbocycles. The van der Waals surface area contributed by atoms with Gasteiger partial charge in [0.25, 0.3) is 0 Å². The molecule has 1 amide bonds. The smallest absolute Gasteiger partial charge is 0.433 e. The van der Waals surface area contributed by atoms with Crippen LogP contribution in [0.3, 0.4) is 0 Å². The molecule has 2 rings (SSSR count). The third-order valence-corrected chi connectivity index (χ3v) is 7.27. The van der Waals surface area contributed by atoms with Crippen LogP contribution in [0.5, 0.6) is 0 Å². The number of unbranched alkanes of at least 4 members (excludes halogenated alkanes) is 1. The summed E-state index contributed by atoms with van der Waals surface area (Å²) in [7, 11) is -1.30. The first-order valence-corrected chi connectivity index (χ1v) is 16.9. The third kappa shape index (κ3) is 11.0. The number of halogens is 2. The van der Waals surface area contributed by atoms with Gasteiger partial charge in [-0.25, -0.2) is 9.78 Å². The maximum atomic E-state index is 14.5. The van der Waals surface area contributed by atoms with E-state index in [-0.39, 0.29) is 12.2 Å². The quantitative estimate of drug-likeness (QED) is 0.0840. The van der Waals surface area contributed by atoms with Gasteiger partial charge >= 0.3 is 12.0 Å². The van der Waals surface area contributed by atoms with Crippen LogP contribution in [0.15, 0.2) is 41.9 Å². The first-order valence-electron chi connectivity index (χ1n) is 13.2. The van der Waals surface area contributed by atoms with Gasteiger partial charge in [0.2, 0.25) is 5.78 Å². The molecule has 0 fully saturated rings. The summed E-state index contributed by atoms with van der Waals surface area (Å²) in [6, 6.07) is 7.24. The number of aromatic amines is 1. The number of carbonyl (C=O) groups excluding carboxylic acids is 2. The van der Waals surface area contributed by atoms with Crippen molar-refractivity contribution < 1.29 is 27.8 Å². The van der Waals surface area contributed by atoms with E-state index in [1.54, 1.807) is 39.0 Å². The van der Waals surface area contributed by atoms with Crippen LogP contribution in [0.2, 0.25) is 25.7 Å². The molecule has 0 bridgehead atoms. The van der Waals surface area contributed by atoms with E-state index in [9.17, 15) is 18.4 Å². The lowest BCUT2D eigenvalue weighted by molar-refractivity contribution is 0.0124. The van der Waals surface area contributed by atoms with Crippen molar-refractivity contribution in [1.29, 1.82) is 0 Å². The Hall–Kier alpha value is -2.98. The summed E-state index contributed by atoms with van der Waals surface area (Å²) in [5, 5.41) is 0. The summed E-state index contributed by atoms with van der Waals surface area (Å²) in [4.78, 5) is 36.3. The van der Waals surface area contributed by atoms with Gasteiger partial charge in [-0.15, -0.1) is 6.58 Å². The van der Waals surface area contributed by atoms with E-state index in [0.717, 1.165) is 12.1 Å². The lowest BCUT2D eigenvalue weighted by atomic mass is 9.95. The predicted molar refractivity (Wildman–Crippen MR) is 154 cm³/mol. The highest BCUT2D eigenvalue weighted by Gasteiger charge is 2.39. The minimum Gasteiger partial charge on any atom is -0.442 e. The number of H-pyrrole nitrogens is 1. The molecule has 0 atom stereocenters. The molecule has 0 aliphatic heterocycles. The van der Waals surface area contributed by atoms with Crippen LogP contribution >= 0.6 is 0 Å². The van der Waals surface area contributed by atoms with E-state index in [4.69, 9.17) is 9.47 Å². The van der Waals surface area contributed by atoms with Crippen LogP contribution in [-0.2, 0) is 22.5 Å². The van der Waals surface area contributed by atoms with Crippen molar-refractivity contribution in [3.05, 3.63) is 54.0 Å². The summed E-state index contributed by atoms with van der Waals surface area (Å²) in [6.45, 7) is 16.2. The molecule has 7 nitrogen and oxygen atoms in total. The van der Waals surface area contributed by atoms with Crippen molar-refractivity contribution in [2.24, 2.45) is 4.99 Å². The number of aliphatic imine (C=N–C) groups is 1. The highest BCUT2D eigenvalue weighted by atomic mass is 28.3. The molecule has 2 aromatic rings. The van der Waals surface area contributed by atoms with Crippen molar-refractivity contribution in [3.8, 4) is 11.3 Å². The lowest BCUT2D eigenvalue weighted by Gasteiger charge is -2.16. The Balaban J connectivity index is 2.26. The number of aryl methyl sites for hydroxylation is 1. The standard InChI is InChI=1S/C29H41F2N3O4Si/c1-8-16-29(30,31)26(35)22-14-10-9-13-21(22)25-23(20-37-18-19-39(5,6)7)33-24(34-25)15-11-12-17-32-27(36)38-28(2,3)4/h8-10,13-14,17H,1,11-12,15-16,18-20H2,2-7H3,(H,33,34). The molecule has 1 aromatic heterocycles. The number of aromatic nitrogens is 2. The van der Waals surface area contributed by atoms with Crippen LogP contribution in [0.1, 0.15) is 61.9 Å². The molecular formula is C29H41F2N3O4Si. The zero-order valence-electron chi connectivity index (χ0n) is 23.9. The monoisotopic (exact) mass is 561 g/mol. The second-order valence-corrected chi connectivity index (χ2v) is 17.3. The van der Waals surface area contributed by atoms with Gasteiger partial charge in [0.1, 0.15) is 11.4 Å². The van der Waals surface area contributed by atoms with Gasteiger partial charge in [0, 0.05) is 44.9 Å². The maximum Gasteiger partial charge on any atom is 0.433 e. The maximum absolute atomic E-state index is 14.5. The van der Waals surface area contributed by atoms with Crippen molar-refractivity contribution in [3.63, 3.8) is 0 Å². The Labute approximate surface area is 231 Å². The number of nitrogens with one attached hydrogen (secondary N) is 1. The van der Waals surface area contributed by atoms with Crippen LogP contribution in [0.25, 0.3) is 11.3 Å². The van der Waals surface area contributed by atoms with Crippen molar-refractivity contribution in [2.75, 3.05) is 6.61 Å². The molecule has 0 radical (unpaired) electrons. The first kappa shape index (κ1) is 32.2. The minimum absolute atomic E-state index is 0.102. The molecular weight excluding hydrogens is 520 g/mol. The van der Waals surface area contributed by atoms with Gasteiger partial charge in [0.15, 0.2) is 0 Å². The van der Waals surface area contributed by atoms with Gasteiger partial charge < -0.3 is 14.5 Å². The van der Waals surface area contributed by atoms with Gasteiger partial charge in [0.05, 0.1) is 18.0 Å². The molecule has 10 heteroatoms. The Morgan fingerprint density at radius 1 is 1.18 bits per heavy atom. The largest absolute Gasteiger partial charge is 0.442 e. The Bertz CT molecular complexity index is 1160. The van der Waals surface area contributed by atoms with Gasteiger partial charge in [-0.3, -0.25) is 4.79 Å². The number of ketones is 1. The molecule has 0 spiro atoms. The van der Waals surface area contributed by atoms with E-state index in [1.807, 2.05) is 0 Å². The average Bonchev–Trinajstić information content (AvgIpc) is 3.22. The molecule has 0 aliphatic rings. The highest BCUT2D eigenvalue weighted by molar-refractivity contribution is 6.76. The third-order valence-electron chi connectivity index (χ3n) is 5.57. The number of hydrogen-bond acceptors (Lipinski definition) is 5. The average molecular weight is 562 g/mol. The summed E-state index contributed by atoms with van der Waals surface area (Å²) < 4.78 is 40.2. The number of alkyl halides is 2. The topological polar surface area (TPSA) is 93.6 Å². The fourth-order valence-corrected chi connectivity index (χ4v) is 4.37. The number of rotatable bonds is 14. The zero-order valence-corrected chi connectivity index (χ0v) is 24.9. The van der Waals surface area contributed by atoms with Crippen molar-refractivity contribution >= 4 is 26.2 Å². The molecule has 0 unspecified atom stereocenters. The van der Waals surface area contributed by atoms with Crippen LogP contribution in [0.4, 0.5) is 13.6 Å². The summed E-state index contributed by atoms with van der Waals surface area (Å²) in [6.07, 6.45) is 2.82. The Kier molecular flexibility index (Phi) is 11.5. The van der Waals surface area contributed by atoms with Crippen LogP contribution in [-0.4, -0.2) is 54.3 Å². The second-order valence-electron chi connectivity index (χ2n) is 11.6. The molecule has 1 N–H and O–H groups in total. The molecule has 214 valence electrons. The normalized spacial score (nSPS) is 12.6. The molecule has 1 heterocycles. The number of allylic oxidation sites excluding steroid dienone is 1. The van der Waals surface area contributed by atoms with Crippen LogP contribution in [0, 0.1) is 0 Å². The first-order chi connectivity index (χ1) is 18.1. The number of imidazole rings is 1. The number of Topliss-reactive ketones (excluding diaryl/α,β-unsaturated/α-hetero) is 1.